The van der Waals surface area contributed by atoms with Crippen LogP contribution in [0.3, 0.4) is 0 Å². The molecule has 0 aliphatic rings. The van der Waals surface area contributed by atoms with Gasteiger partial charge in [-0.05, 0) is 0 Å². The third kappa shape index (κ3) is 7.90. The second-order valence-corrected chi connectivity index (χ2v) is 4.40. The summed E-state index contributed by atoms with van der Waals surface area (Å²) in [6.45, 7) is 1.82. The highest BCUT2D eigenvalue weighted by Gasteiger charge is 2.24. The first-order chi connectivity index (χ1) is 6.74. The number of quaternary nitrogens is 1. The molecule has 0 rings (SSSR count). The molecule has 0 radical (unpaired) electrons. The van der Waals surface area contributed by atoms with E-state index >= 15 is 0 Å². The van der Waals surface area contributed by atoms with Crippen LogP contribution in [0.15, 0.2) is 0 Å². The van der Waals surface area contributed by atoms with E-state index in [1.165, 1.54) is 6.92 Å². The molecule has 0 fully saturated rings. The smallest absolute Gasteiger partial charge is 0.328 e. The molecule has 0 aromatic heterocycles. The zero-order valence-electron chi connectivity index (χ0n) is 9.65. The fourth-order valence-electron chi connectivity index (χ4n) is 1.22. The van der Waals surface area contributed by atoms with Gasteiger partial charge in [0, 0.05) is 6.92 Å². The van der Waals surface area contributed by atoms with Gasteiger partial charge in [0.1, 0.15) is 6.54 Å². The van der Waals surface area contributed by atoms with Crippen molar-refractivity contribution < 1.29 is 23.6 Å². The first-order valence-corrected chi connectivity index (χ1v) is 4.62. The minimum absolute atomic E-state index is 0.0222. The Bertz CT molecular complexity index is 235. The van der Waals surface area contributed by atoms with Gasteiger partial charge in [-0.1, -0.05) is 0 Å². The topological polar surface area (TPSA) is 78.6 Å². The Labute approximate surface area is 89.5 Å². The molecular weight excluding hydrogens is 200 g/mol. The molecule has 0 bridgehead atoms. The summed E-state index contributed by atoms with van der Waals surface area (Å²) in [5.41, 5.74) is 0. The number of carbonyl (C=O) groups excluding carboxylic acids is 2. The molecule has 1 unspecified atom stereocenters. The predicted octanol–water partition coefficient (Wildman–Crippen LogP) is -0.569. The van der Waals surface area contributed by atoms with Gasteiger partial charge in [0.05, 0.1) is 27.6 Å². The predicted molar refractivity (Wildman–Crippen MR) is 53.3 cm³/mol. The number of esters is 1. The number of carbonyl (C=O) groups is 2. The van der Waals surface area contributed by atoms with Crippen LogP contribution in [0.5, 0.6) is 0 Å². The van der Waals surface area contributed by atoms with Crippen LogP contribution < -0.4 is 5.90 Å². The van der Waals surface area contributed by atoms with Crippen molar-refractivity contribution in [2.75, 3.05) is 27.7 Å². The summed E-state index contributed by atoms with van der Waals surface area (Å²) in [4.78, 5) is 25.8. The lowest BCUT2D eigenvalue weighted by Crippen LogP contribution is -2.43. The fourth-order valence-corrected chi connectivity index (χ4v) is 1.22. The zero-order valence-corrected chi connectivity index (χ0v) is 9.65. The molecule has 0 saturated heterocycles. The monoisotopic (exact) mass is 219 g/mol. The standard InChI is InChI=1S/C9H19N2O4/c1-7(12)14-8(5-9(13)15-10)6-11(2,3)4/h8H,5-6,10H2,1-4H3/q+1. The van der Waals surface area contributed by atoms with E-state index in [0.29, 0.717) is 11.0 Å². The van der Waals surface area contributed by atoms with Gasteiger partial charge in [0.25, 0.3) is 0 Å². The van der Waals surface area contributed by atoms with Gasteiger partial charge in [-0.25, -0.2) is 0 Å². The Morgan fingerprint density at radius 3 is 2.20 bits per heavy atom. The van der Waals surface area contributed by atoms with Crippen molar-refractivity contribution in [1.82, 2.24) is 0 Å². The van der Waals surface area contributed by atoms with Crippen LogP contribution in [0.4, 0.5) is 0 Å². The number of hydrogen-bond donors (Lipinski definition) is 1. The van der Waals surface area contributed by atoms with Gasteiger partial charge >= 0.3 is 11.9 Å². The minimum atomic E-state index is -0.588. The van der Waals surface area contributed by atoms with Crippen LogP contribution in [0, 0.1) is 0 Å². The molecule has 0 saturated carbocycles. The average molecular weight is 219 g/mol. The largest absolute Gasteiger partial charge is 0.456 e. The molecule has 0 amide bonds. The van der Waals surface area contributed by atoms with Crippen molar-refractivity contribution in [1.29, 1.82) is 0 Å². The van der Waals surface area contributed by atoms with Gasteiger partial charge < -0.3 is 14.1 Å². The van der Waals surface area contributed by atoms with Crippen LogP contribution in [-0.4, -0.2) is 50.2 Å². The van der Waals surface area contributed by atoms with Crippen LogP contribution >= 0.6 is 0 Å². The molecule has 0 aromatic rings. The third-order valence-corrected chi connectivity index (χ3v) is 1.61. The summed E-state index contributed by atoms with van der Waals surface area (Å²) < 4.78 is 5.57. The lowest BCUT2D eigenvalue weighted by Gasteiger charge is -2.28. The van der Waals surface area contributed by atoms with Crippen LogP contribution in [-0.2, 0) is 19.2 Å². The molecule has 0 heterocycles. The van der Waals surface area contributed by atoms with E-state index in [1.807, 2.05) is 21.1 Å². The molecule has 1 atom stereocenters. The molecule has 2 N–H and O–H groups in total. The number of nitrogens with two attached hydrogens (primary N) is 1. The van der Waals surface area contributed by atoms with Gasteiger partial charge in [0.15, 0.2) is 6.10 Å². The molecule has 6 nitrogen and oxygen atoms in total. The van der Waals surface area contributed by atoms with E-state index in [4.69, 9.17) is 10.6 Å². The summed E-state index contributed by atoms with van der Waals surface area (Å²) in [6.07, 6.45) is -0.524. The number of nitrogens with zero attached hydrogens (tertiary/aromatic N) is 1. The van der Waals surface area contributed by atoms with Crippen LogP contribution in [0.25, 0.3) is 0 Å². The summed E-state index contributed by atoms with van der Waals surface area (Å²) in [5, 5.41) is 0. The minimum Gasteiger partial charge on any atom is -0.456 e. The first-order valence-electron chi connectivity index (χ1n) is 4.62. The Morgan fingerprint density at radius 2 is 1.87 bits per heavy atom. The number of ether oxygens (including phenoxy) is 1. The molecule has 6 heteroatoms. The highest BCUT2D eigenvalue weighted by Crippen LogP contribution is 2.05. The van der Waals surface area contributed by atoms with Crippen molar-refractivity contribution in [2.24, 2.45) is 5.90 Å². The third-order valence-electron chi connectivity index (χ3n) is 1.61. The molecule has 0 aliphatic carbocycles. The summed E-state index contributed by atoms with van der Waals surface area (Å²) >= 11 is 0. The molecule has 15 heavy (non-hydrogen) atoms. The Kier molecular flexibility index (Phi) is 5.24. The summed E-state index contributed by atoms with van der Waals surface area (Å²) in [5.74, 6) is 3.71. The highest BCUT2D eigenvalue weighted by atomic mass is 16.7. The van der Waals surface area contributed by atoms with Crippen molar-refractivity contribution >= 4 is 11.9 Å². The van der Waals surface area contributed by atoms with Crippen LogP contribution in [0.2, 0.25) is 0 Å². The molecule has 88 valence electrons. The normalized spacial score (nSPS) is 13.1. The van der Waals surface area contributed by atoms with E-state index in [9.17, 15) is 9.59 Å². The molecule has 0 aliphatic heterocycles. The SMILES string of the molecule is CC(=O)OC(CC(=O)ON)C[N+](C)(C)C. The van der Waals surface area contributed by atoms with Crippen molar-refractivity contribution in [3.05, 3.63) is 0 Å². The zero-order chi connectivity index (χ0) is 12.1. The highest BCUT2D eigenvalue weighted by molar-refractivity contribution is 5.71. The van der Waals surface area contributed by atoms with E-state index in [1.54, 1.807) is 0 Å². The van der Waals surface area contributed by atoms with Gasteiger partial charge in [0.2, 0.25) is 0 Å². The quantitative estimate of drug-likeness (QED) is 0.380. The maximum Gasteiger partial charge on any atom is 0.328 e. The second kappa shape index (κ2) is 5.67. The fraction of sp³-hybridized carbons (Fsp3) is 0.778. The Balaban J connectivity index is 4.31. The van der Waals surface area contributed by atoms with Crippen molar-refractivity contribution in [3.63, 3.8) is 0 Å². The molecule has 0 aromatic carbocycles. The van der Waals surface area contributed by atoms with Crippen molar-refractivity contribution in [2.45, 2.75) is 19.4 Å². The second-order valence-electron chi connectivity index (χ2n) is 4.40. The number of hydrogen-bond acceptors (Lipinski definition) is 5. The Morgan fingerprint density at radius 1 is 1.33 bits per heavy atom. The maximum absolute atomic E-state index is 10.9. The van der Waals surface area contributed by atoms with E-state index < -0.39 is 18.0 Å². The van der Waals surface area contributed by atoms with E-state index in [-0.39, 0.29) is 6.42 Å². The van der Waals surface area contributed by atoms with E-state index in [0.717, 1.165) is 0 Å². The first kappa shape index (κ1) is 13.9. The Hall–Kier alpha value is -1.14. The maximum atomic E-state index is 10.9. The summed E-state index contributed by atoms with van der Waals surface area (Å²) in [7, 11) is 5.80. The van der Waals surface area contributed by atoms with E-state index in [2.05, 4.69) is 4.84 Å². The average Bonchev–Trinajstić information content (AvgIpc) is 1.99. The van der Waals surface area contributed by atoms with Gasteiger partial charge in [-0.2, -0.15) is 5.90 Å². The lowest BCUT2D eigenvalue weighted by atomic mass is 10.2. The number of rotatable bonds is 5. The summed E-state index contributed by atoms with van der Waals surface area (Å²) in [6, 6.07) is 0. The molecule has 0 spiro atoms. The van der Waals surface area contributed by atoms with Gasteiger partial charge in [-0.15, -0.1) is 0 Å². The number of likely N-dealkylation sites (N-methyl/N-ethyl adjacent to an activating group) is 1. The van der Waals surface area contributed by atoms with Gasteiger partial charge in [-0.3, -0.25) is 9.59 Å². The lowest BCUT2D eigenvalue weighted by molar-refractivity contribution is -0.873. The van der Waals surface area contributed by atoms with Crippen molar-refractivity contribution in [3.8, 4) is 0 Å². The van der Waals surface area contributed by atoms with Crippen LogP contribution in [0.1, 0.15) is 13.3 Å². The molecular formula is C9H19N2O4+.